The minimum Gasteiger partial charge on any atom is -1.00 e. The molecule has 0 saturated heterocycles. The molecule has 0 aliphatic rings. The summed E-state index contributed by atoms with van der Waals surface area (Å²) in [6.45, 7) is 3.22. The Morgan fingerprint density at radius 2 is 1.04 bits per heavy atom. The third-order valence-corrected chi connectivity index (χ3v) is 4.59. The summed E-state index contributed by atoms with van der Waals surface area (Å²) in [6, 6.07) is 32.6. The van der Waals surface area contributed by atoms with Crippen molar-refractivity contribution in [2.45, 2.75) is 25.3 Å². The van der Waals surface area contributed by atoms with Crippen LogP contribution in [-0.4, -0.2) is 6.54 Å². The van der Waals surface area contributed by atoms with E-state index in [-0.39, 0.29) is 12.4 Å². The van der Waals surface area contributed by atoms with Gasteiger partial charge in [0.05, 0.1) is 0 Å². The van der Waals surface area contributed by atoms with Gasteiger partial charge in [0.1, 0.15) is 0 Å². The maximum atomic E-state index is 3.67. The van der Waals surface area contributed by atoms with Gasteiger partial charge in [-0.15, -0.1) is 0 Å². The molecule has 0 aromatic heterocycles. The first kappa shape index (κ1) is 19.2. The normalized spacial score (nSPS) is 11.8. The molecular weight excluding hydrogens is 326 g/mol. The molecule has 3 aromatic rings. The second-order valence-electron chi connectivity index (χ2n) is 6.25. The van der Waals surface area contributed by atoms with Crippen molar-refractivity contribution in [3.63, 3.8) is 0 Å². The largest absolute Gasteiger partial charge is 1.00 e. The lowest BCUT2D eigenvalue weighted by molar-refractivity contribution is -0.00000489. The molecule has 3 rings (SSSR count). The smallest absolute Gasteiger partial charge is 0.0291 e. The molecule has 0 fully saturated rings. The summed E-state index contributed by atoms with van der Waals surface area (Å²) in [6.07, 6.45) is 1.09. The first-order chi connectivity index (χ1) is 11.8. The third-order valence-electron chi connectivity index (χ3n) is 4.59. The Balaban J connectivity index is 0.00000225. The Hall–Kier alpha value is -2.09. The average molecular weight is 351 g/mol. The number of nitrogens with one attached hydrogen (secondary N) is 1. The van der Waals surface area contributed by atoms with Crippen molar-refractivity contribution in [1.29, 1.82) is 0 Å². The standard InChI is InChI=1S/C23H25N.ClH/c1-19(20-11-5-2-6-12-20)24-18-17-23(21-13-7-3-8-14-21)22-15-9-4-10-16-22;/h2-16,19,23-24H,17-18H2,1H3;1H/p-1. The number of benzene rings is 3. The number of hydrogen-bond donors (Lipinski definition) is 1. The van der Waals surface area contributed by atoms with E-state index in [1.165, 1.54) is 16.7 Å². The minimum absolute atomic E-state index is 0. The summed E-state index contributed by atoms with van der Waals surface area (Å²) >= 11 is 0. The first-order valence-corrected chi connectivity index (χ1v) is 8.73. The van der Waals surface area contributed by atoms with Gasteiger partial charge in [0.15, 0.2) is 0 Å². The highest BCUT2D eigenvalue weighted by Crippen LogP contribution is 2.27. The highest BCUT2D eigenvalue weighted by molar-refractivity contribution is 5.32. The van der Waals surface area contributed by atoms with Crippen molar-refractivity contribution in [2.75, 3.05) is 6.54 Å². The van der Waals surface area contributed by atoms with Gasteiger partial charge in [0.2, 0.25) is 0 Å². The molecule has 25 heavy (non-hydrogen) atoms. The zero-order chi connectivity index (χ0) is 16.6. The second kappa shape index (κ2) is 10.0. The van der Waals surface area contributed by atoms with E-state index in [0.29, 0.717) is 12.0 Å². The molecule has 1 nitrogen and oxygen atoms in total. The van der Waals surface area contributed by atoms with E-state index in [4.69, 9.17) is 0 Å². The lowest BCUT2D eigenvalue weighted by Gasteiger charge is -2.20. The minimum atomic E-state index is 0. The first-order valence-electron chi connectivity index (χ1n) is 8.73. The Morgan fingerprint density at radius 1 is 0.640 bits per heavy atom. The van der Waals surface area contributed by atoms with Crippen LogP contribution in [0.4, 0.5) is 0 Å². The van der Waals surface area contributed by atoms with Crippen LogP contribution in [0, 0.1) is 0 Å². The van der Waals surface area contributed by atoms with E-state index >= 15 is 0 Å². The van der Waals surface area contributed by atoms with Gasteiger partial charge in [-0.3, -0.25) is 0 Å². The van der Waals surface area contributed by atoms with Crippen molar-refractivity contribution >= 4 is 0 Å². The fraction of sp³-hybridized carbons (Fsp3) is 0.217. The SMILES string of the molecule is CC(NCCC(c1ccccc1)c1ccccc1)c1ccccc1.[Cl-]. The summed E-state index contributed by atoms with van der Waals surface area (Å²) < 4.78 is 0. The Kier molecular flexibility index (Phi) is 7.72. The summed E-state index contributed by atoms with van der Waals surface area (Å²) in [5.74, 6) is 0.433. The highest BCUT2D eigenvalue weighted by Gasteiger charge is 2.14. The molecule has 1 atom stereocenters. The molecule has 3 aromatic carbocycles. The van der Waals surface area contributed by atoms with Crippen LogP contribution in [0.3, 0.4) is 0 Å². The van der Waals surface area contributed by atoms with Gasteiger partial charge >= 0.3 is 0 Å². The van der Waals surface area contributed by atoms with Crippen LogP contribution < -0.4 is 17.7 Å². The number of halogens is 1. The molecule has 0 saturated carbocycles. The van der Waals surface area contributed by atoms with Crippen LogP contribution in [0.2, 0.25) is 0 Å². The topological polar surface area (TPSA) is 12.0 Å². The zero-order valence-electron chi connectivity index (χ0n) is 14.6. The lowest BCUT2D eigenvalue weighted by atomic mass is 9.88. The van der Waals surface area contributed by atoms with Crippen LogP contribution in [0.5, 0.6) is 0 Å². The summed E-state index contributed by atoms with van der Waals surface area (Å²) in [5.41, 5.74) is 4.12. The molecule has 0 radical (unpaired) electrons. The van der Waals surface area contributed by atoms with E-state index < -0.39 is 0 Å². The van der Waals surface area contributed by atoms with Crippen LogP contribution in [0.15, 0.2) is 91.0 Å². The van der Waals surface area contributed by atoms with E-state index in [2.05, 4.69) is 103 Å². The average Bonchev–Trinajstić information content (AvgIpc) is 2.67. The highest BCUT2D eigenvalue weighted by atomic mass is 35.5. The Bertz CT molecular complexity index is 673. The van der Waals surface area contributed by atoms with E-state index in [1.807, 2.05) is 0 Å². The van der Waals surface area contributed by atoms with Crippen molar-refractivity contribution in [3.8, 4) is 0 Å². The molecule has 0 spiro atoms. The summed E-state index contributed by atoms with van der Waals surface area (Å²) in [4.78, 5) is 0. The van der Waals surface area contributed by atoms with Crippen molar-refractivity contribution in [1.82, 2.24) is 5.32 Å². The third kappa shape index (κ3) is 5.45. The fourth-order valence-corrected chi connectivity index (χ4v) is 3.20. The van der Waals surface area contributed by atoms with Crippen LogP contribution in [0.25, 0.3) is 0 Å². The van der Waals surface area contributed by atoms with Crippen LogP contribution >= 0.6 is 0 Å². The molecular formula is C23H25ClN-. The maximum Gasteiger partial charge on any atom is 0.0291 e. The predicted octanol–water partition coefficient (Wildman–Crippen LogP) is 2.56. The van der Waals surface area contributed by atoms with Gasteiger partial charge in [0.25, 0.3) is 0 Å². The monoisotopic (exact) mass is 350 g/mol. The molecule has 1 unspecified atom stereocenters. The van der Waals surface area contributed by atoms with Gasteiger partial charge in [-0.25, -0.2) is 0 Å². The van der Waals surface area contributed by atoms with E-state index in [1.54, 1.807) is 0 Å². The lowest BCUT2D eigenvalue weighted by Crippen LogP contribution is -3.00. The van der Waals surface area contributed by atoms with Gasteiger partial charge in [0, 0.05) is 12.0 Å². The summed E-state index contributed by atoms with van der Waals surface area (Å²) in [7, 11) is 0. The van der Waals surface area contributed by atoms with Crippen LogP contribution in [-0.2, 0) is 0 Å². The molecule has 1 N–H and O–H groups in total. The Morgan fingerprint density at radius 3 is 1.48 bits per heavy atom. The number of hydrogen-bond acceptors (Lipinski definition) is 1. The molecule has 0 bridgehead atoms. The van der Waals surface area contributed by atoms with Gasteiger partial charge < -0.3 is 17.7 Å². The quantitative estimate of drug-likeness (QED) is 0.690. The predicted molar refractivity (Wildman–Crippen MR) is 102 cm³/mol. The van der Waals surface area contributed by atoms with Gasteiger partial charge in [-0.05, 0) is 36.6 Å². The Labute approximate surface area is 157 Å². The van der Waals surface area contributed by atoms with E-state index in [9.17, 15) is 0 Å². The van der Waals surface area contributed by atoms with Crippen molar-refractivity contribution in [2.24, 2.45) is 0 Å². The second-order valence-corrected chi connectivity index (χ2v) is 6.25. The zero-order valence-corrected chi connectivity index (χ0v) is 15.4. The molecule has 0 aliphatic heterocycles. The fourth-order valence-electron chi connectivity index (χ4n) is 3.20. The summed E-state index contributed by atoms with van der Waals surface area (Å²) in [5, 5.41) is 3.67. The molecule has 0 heterocycles. The maximum absolute atomic E-state index is 3.67. The number of rotatable bonds is 7. The molecule has 0 aliphatic carbocycles. The van der Waals surface area contributed by atoms with E-state index in [0.717, 1.165) is 13.0 Å². The van der Waals surface area contributed by atoms with Gasteiger partial charge in [-0.1, -0.05) is 91.0 Å². The van der Waals surface area contributed by atoms with Crippen LogP contribution in [0.1, 0.15) is 42.0 Å². The molecule has 0 amide bonds. The molecule has 130 valence electrons. The van der Waals surface area contributed by atoms with Gasteiger partial charge in [-0.2, -0.15) is 0 Å². The van der Waals surface area contributed by atoms with Crippen molar-refractivity contribution in [3.05, 3.63) is 108 Å². The molecule has 2 heteroatoms. The van der Waals surface area contributed by atoms with Crippen molar-refractivity contribution < 1.29 is 12.4 Å².